The van der Waals surface area contributed by atoms with Gasteiger partial charge in [0.05, 0.1) is 11.6 Å². The maximum absolute atomic E-state index is 12.7. The number of carbonyl (C=O) groups is 2. The lowest BCUT2D eigenvalue weighted by molar-refractivity contribution is -0.138. The molecule has 1 aromatic carbocycles. The van der Waals surface area contributed by atoms with Gasteiger partial charge >= 0.3 is 5.97 Å². The Morgan fingerprint density at radius 1 is 1.25 bits per heavy atom. The summed E-state index contributed by atoms with van der Waals surface area (Å²) in [4.78, 5) is 24.7. The van der Waals surface area contributed by atoms with Crippen LogP contribution in [0.2, 0.25) is 0 Å². The van der Waals surface area contributed by atoms with Gasteiger partial charge in [-0.05, 0) is 60.4 Å². The standard InChI is InChI=1S/C18H19NO4S/c1-2-11-24(23)13-5-3-12(4-6-13)17(20)16-8-7-15-14(18(21)22)9-10-19(15)16/h3-8,14H,2,9-11H2,1H3,(H,21,22). The Balaban J connectivity index is 1.83. The number of aromatic nitrogens is 1. The first-order valence-corrected chi connectivity index (χ1v) is 9.30. The van der Waals surface area contributed by atoms with Crippen LogP contribution in [-0.4, -0.2) is 31.7 Å². The summed E-state index contributed by atoms with van der Waals surface area (Å²) in [6, 6.07) is 10.3. The van der Waals surface area contributed by atoms with Crippen molar-refractivity contribution < 1.29 is 19.2 Å². The van der Waals surface area contributed by atoms with Crippen molar-refractivity contribution in [1.82, 2.24) is 4.57 Å². The number of nitrogens with zero attached hydrogens (tertiary/aromatic N) is 1. The molecular weight excluding hydrogens is 326 g/mol. The summed E-state index contributed by atoms with van der Waals surface area (Å²) in [5, 5.41) is 9.22. The molecule has 2 atom stereocenters. The number of carbonyl (C=O) groups excluding carboxylic acids is 1. The Morgan fingerprint density at radius 2 is 1.96 bits per heavy atom. The minimum absolute atomic E-state index is 0.139. The number of hydrogen-bond acceptors (Lipinski definition) is 3. The van der Waals surface area contributed by atoms with Gasteiger partial charge in [-0.15, -0.1) is 0 Å². The topological polar surface area (TPSA) is 82.4 Å². The van der Waals surface area contributed by atoms with Crippen molar-refractivity contribution in [2.24, 2.45) is 0 Å². The van der Waals surface area contributed by atoms with Gasteiger partial charge in [-0.1, -0.05) is 6.92 Å². The molecule has 24 heavy (non-hydrogen) atoms. The average Bonchev–Trinajstić information content (AvgIpc) is 3.16. The summed E-state index contributed by atoms with van der Waals surface area (Å²) in [6.45, 7) is 2.52. The van der Waals surface area contributed by atoms with E-state index >= 15 is 0 Å². The molecule has 5 nitrogen and oxygen atoms in total. The van der Waals surface area contributed by atoms with E-state index in [0.717, 1.165) is 11.3 Å². The van der Waals surface area contributed by atoms with Gasteiger partial charge < -0.3 is 14.2 Å². The molecule has 1 N–H and O–H groups in total. The number of ketones is 1. The second-order valence-electron chi connectivity index (χ2n) is 5.88. The summed E-state index contributed by atoms with van der Waals surface area (Å²) >= 11 is -1.03. The maximum Gasteiger partial charge on any atom is 0.312 e. The van der Waals surface area contributed by atoms with E-state index in [1.807, 2.05) is 6.92 Å². The van der Waals surface area contributed by atoms with Crippen LogP contribution in [-0.2, 0) is 22.5 Å². The van der Waals surface area contributed by atoms with Crippen LogP contribution < -0.4 is 0 Å². The van der Waals surface area contributed by atoms with Crippen molar-refractivity contribution in [3.05, 3.63) is 53.3 Å². The Bertz CT molecular complexity index is 766. The first kappa shape index (κ1) is 16.8. The van der Waals surface area contributed by atoms with Crippen molar-refractivity contribution in [2.45, 2.75) is 37.1 Å². The summed E-state index contributed by atoms with van der Waals surface area (Å²) in [5.41, 5.74) is 1.72. The summed E-state index contributed by atoms with van der Waals surface area (Å²) in [7, 11) is 0. The predicted octanol–water partition coefficient (Wildman–Crippen LogP) is 2.81. The zero-order valence-electron chi connectivity index (χ0n) is 13.4. The molecule has 0 amide bonds. The Hall–Kier alpha value is -2.05. The second kappa shape index (κ2) is 6.83. The second-order valence-corrected chi connectivity index (χ2v) is 7.45. The third kappa shape index (κ3) is 2.99. The molecule has 1 aromatic heterocycles. The molecule has 126 valence electrons. The largest absolute Gasteiger partial charge is 0.611 e. The lowest BCUT2D eigenvalue weighted by atomic mass is 10.1. The van der Waals surface area contributed by atoms with Gasteiger partial charge in [0.15, 0.2) is 4.90 Å². The summed E-state index contributed by atoms with van der Waals surface area (Å²) in [5.74, 6) is -0.921. The van der Waals surface area contributed by atoms with Gasteiger partial charge in [-0.25, -0.2) is 0 Å². The van der Waals surface area contributed by atoms with E-state index in [-0.39, 0.29) is 5.78 Å². The van der Waals surface area contributed by atoms with Gasteiger partial charge in [-0.2, -0.15) is 0 Å². The molecule has 0 bridgehead atoms. The average molecular weight is 345 g/mol. The molecule has 2 unspecified atom stereocenters. The zero-order valence-corrected chi connectivity index (χ0v) is 14.2. The Morgan fingerprint density at radius 3 is 2.58 bits per heavy atom. The molecule has 2 aromatic rings. The van der Waals surface area contributed by atoms with Crippen LogP contribution in [0.4, 0.5) is 0 Å². The molecule has 0 fully saturated rings. The number of aliphatic carboxylic acids is 1. The minimum atomic E-state index is -1.03. The molecule has 1 aliphatic heterocycles. The Labute approximate surface area is 143 Å². The van der Waals surface area contributed by atoms with Gasteiger partial charge in [0.1, 0.15) is 5.75 Å². The van der Waals surface area contributed by atoms with E-state index in [1.165, 1.54) is 0 Å². The lowest BCUT2D eigenvalue weighted by Gasteiger charge is -2.10. The highest BCUT2D eigenvalue weighted by molar-refractivity contribution is 7.91. The predicted molar refractivity (Wildman–Crippen MR) is 90.9 cm³/mol. The summed E-state index contributed by atoms with van der Waals surface area (Å²) in [6.07, 6.45) is 1.36. The SMILES string of the molecule is CCC[S+]([O-])c1ccc(C(=O)c2ccc3n2CCC3C(=O)O)cc1. The van der Waals surface area contributed by atoms with E-state index in [1.54, 1.807) is 41.0 Å². The van der Waals surface area contributed by atoms with E-state index in [9.17, 15) is 19.2 Å². The van der Waals surface area contributed by atoms with Gasteiger partial charge in [0.2, 0.25) is 5.78 Å². The molecule has 0 saturated carbocycles. The fourth-order valence-electron chi connectivity index (χ4n) is 3.10. The zero-order chi connectivity index (χ0) is 17.3. The smallest absolute Gasteiger partial charge is 0.312 e. The van der Waals surface area contributed by atoms with Crippen molar-refractivity contribution in [3.8, 4) is 0 Å². The number of hydrogen-bond donors (Lipinski definition) is 1. The van der Waals surface area contributed by atoms with Crippen LogP contribution in [0.5, 0.6) is 0 Å². The lowest BCUT2D eigenvalue weighted by Crippen LogP contribution is -2.10. The molecule has 2 heterocycles. The van der Waals surface area contributed by atoms with Crippen molar-refractivity contribution in [2.75, 3.05) is 5.75 Å². The highest BCUT2D eigenvalue weighted by atomic mass is 32.2. The quantitative estimate of drug-likeness (QED) is 0.645. The van der Waals surface area contributed by atoms with Crippen molar-refractivity contribution in [3.63, 3.8) is 0 Å². The van der Waals surface area contributed by atoms with E-state index in [0.29, 0.717) is 35.7 Å². The normalized spacial score (nSPS) is 17.5. The molecule has 6 heteroatoms. The highest BCUT2D eigenvalue weighted by Crippen LogP contribution is 2.31. The molecule has 1 aliphatic rings. The number of carboxylic acid groups (broad SMARTS) is 1. The summed E-state index contributed by atoms with van der Waals surface area (Å²) < 4.78 is 13.8. The maximum atomic E-state index is 12.7. The third-order valence-electron chi connectivity index (χ3n) is 4.31. The van der Waals surface area contributed by atoms with Crippen LogP contribution in [0.25, 0.3) is 0 Å². The van der Waals surface area contributed by atoms with E-state index in [4.69, 9.17) is 0 Å². The van der Waals surface area contributed by atoms with Crippen LogP contribution in [0.3, 0.4) is 0 Å². The highest BCUT2D eigenvalue weighted by Gasteiger charge is 2.31. The fourth-order valence-corrected chi connectivity index (χ4v) is 4.15. The van der Waals surface area contributed by atoms with Crippen molar-refractivity contribution >= 4 is 22.9 Å². The van der Waals surface area contributed by atoms with Crippen LogP contribution in [0, 0.1) is 0 Å². The Kier molecular flexibility index (Phi) is 4.78. The van der Waals surface area contributed by atoms with Crippen LogP contribution >= 0.6 is 0 Å². The molecule has 0 spiro atoms. The third-order valence-corrected chi connectivity index (χ3v) is 5.89. The van der Waals surface area contributed by atoms with Crippen LogP contribution in [0.1, 0.15) is 47.4 Å². The van der Waals surface area contributed by atoms with E-state index < -0.39 is 23.1 Å². The molecule has 3 rings (SSSR count). The number of fused-ring (bicyclic) bond motifs is 1. The number of benzene rings is 1. The molecule has 0 radical (unpaired) electrons. The van der Waals surface area contributed by atoms with Crippen molar-refractivity contribution in [1.29, 1.82) is 0 Å². The van der Waals surface area contributed by atoms with E-state index in [2.05, 4.69) is 0 Å². The van der Waals surface area contributed by atoms with Crippen LogP contribution in [0.15, 0.2) is 41.3 Å². The number of rotatable bonds is 6. The minimum Gasteiger partial charge on any atom is -0.611 e. The molecular formula is C18H19NO4S. The fraction of sp³-hybridized carbons (Fsp3) is 0.333. The number of carboxylic acids is 1. The first-order valence-electron chi connectivity index (χ1n) is 7.98. The van der Waals surface area contributed by atoms with Gasteiger partial charge in [0, 0.05) is 17.8 Å². The van der Waals surface area contributed by atoms with Gasteiger partial charge in [0.25, 0.3) is 0 Å². The van der Waals surface area contributed by atoms with Gasteiger partial charge in [-0.3, -0.25) is 9.59 Å². The molecule has 0 saturated heterocycles. The monoisotopic (exact) mass is 345 g/mol. The first-order chi connectivity index (χ1) is 11.5. The molecule has 0 aliphatic carbocycles.